The first-order valence-electron chi connectivity index (χ1n) is 5.99. The molecule has 19 heavy (non-hydrogen) atoms. The SMILES string of the molecule is C=C1/C=c2/nccc/c2=N/CC2=C(C=C=CC=C2)S1. The van der Waals surface area contributed by atoms with Crippen molar-refractivity contribution in [2.45, 2.75) is 0 Å². The second-order valence-corrected chi connectivity index (χ2v) is 5.33. The van der Waals surface area contributed by atoms with Gasteiger partial charge in [0.25, 0.3) is 0 Å². The highest BCUT2D eigenvalue weighted by Gasteiger charge is 2.07. The van der Waals surface area contributed by atoms with Crippen LogP contribution < -0.4 is 10.7 Å². The number of nitrogens with zero attached hydrogens (tertiary/aromatic N) is 2. The summed E-state index contributed by atoms with van der Waals surface area (Å²) in [7, 11) is 0. The molecular weight excluding hydrogens is 252 g/mol. The van der Waals surface area contributed by atoms with Gasteiger partial charge in [-0.15, -0.1) is 5.73 Å². The van der Waals surface area contributed by atoms with Crippen molar-refractivity contribution < 1.29 is 0 Å². The molecule has 0 unspecified atom stereocenters. The standard InChI is InChI=1S/C16H12N2S/c1-12-10-15-14(7-5-9-17-15)18-11-13-6-3-2-4-8-16(13)19-12/h2-3,5-10H,1,11H2/b15-10+,18-14-. The monoisotopic (exact) mass is 264 g/mol. The number of pyridine rings is 1. The van der Waals surface area contributed by atoms with Gasteiger partial charge in [0.05, 0.1) is 17.3 Å². The molecule has 0 amide bonds. The molecule has 0 radical (unpaired) electrons. The van der Waals surface area contributed by atoms with Crippen molar-refractivity contribution >= 4 is 17.8 Å². The van der Waals surface area contributed by atoms with Crippen LogP contribution in [0.15, 0.2) is 75.3 Å². The summed E-state index contributed by atoms with van der Waals surface area (Å²) in [5, 5.41) is 1.79. The van der Waals surface area contributed by atoms with E-state index in [-0.39, 0.29) is 0 Å². The molecule has 0 aromatic carbocycles. The fourth-order valence-corrected chi connectivity index (χ4v) is 2.74. The minimum atomic E-state index is 0.644. The molecule has 0 fully saturated rings. The molecule has 2 aliphatic rings. The van der Waals surface area contributed by atoms with E-state index in [0.29, 0.717) is 6.54 Å². The maximum atomic E-state index is 4.65. The summed E-state index contributed by atoms with van der Waals surface area (Å²) in [5.41, 5.74) is 4.31. The van der Waals surface area contributed by atoms with E-state index in [2.05, 4.69) is 28.4 Å². The van der Waals surface area contributed by atoms with E-state index in [9.17, 15) is 0 Å². The van der Waals surface area contributed by atoms with Crippen molar-refractivity contribution in [1.29, 1.82) is 0 Å². The lowest BCUT2D eigenvalue weighted by Gasteiger charge is -2.04. The van der Waals surface area contributed by atoms with Gasteiger partial charge in [0, 0.05) is 16.0 Å². The highest BCUT2D eigenvalue weighted by molar-refractivity contribution is 8.07. The summed E-state index contributed by atoms with van der Waals surface area (Å²) in [4.78, 5) is 11.1. The molecule has 3 rings (SSSR count). The average Bonchev–Trinajstić information content (AvgIpc) is 2.59. The maximum Gasteiger partial charge on any atom is 0.0892 e. The van der Waals surface area contributed by atoms with Gasteiger partial charge in [-0.3, -0.25) is 9.98 Å². The normalized spacial score (nSPS) is 20.9. The number of hydrogen-bond acceptors (Lipinski definition) is 3. The zero-order chi connectivity index (χ0) is 13.1. The lowest BCUT2D eigenvalue weighted by Crippen LogP contribution is -2.28. The molecule has 1 aromatic heterocycles. The quantitative estimate of drug-likeness (QED) is 0.672. The predicted molar refractivity (Wildman–Crippen MR) is 79.9 cm³/mol. The number of rotatable bonds is 0. The molecule has 0 N–H and O–H groups in total. The van der Waals surface area contributed by atoms with Gasteiger partial charge in [-0.25, -0.2) is 0 Å². The molecule has 3 heteroatoms. The first kappa shape index (κ1) is 12.0. The van der Waals surface area contributed by atoms with E-state index >= 15 is 0 Å². The first-order chi connectivity index (χ1) is 9.33. The zero-order valence-electron chi connectivity index (χ0n) is 10.3. The number of thioether (sulfide) groups is 1. The van der Waals surface area contributed by atoms with E-state index in [1.54, 1.807) is 18.0 Å². The number of hydrogen-bond donors (Lipinski definition) is 0. The van der Waals surface area contributed by atoms with Crippen molar-refractivity contribution in [2.75, 3.05) is 6.54 Å². The Kier molecular flexibility index (Phi) is 3.32. The Morgan fingerprint density at radius 3 is 3.26 bits per heavy atom. The number of aromatic nitrogens is 1. The minimum Gasteiger partial charge on any atom is -0.278 e. The molecule has 0 spiro atoms. The van der Waals surface area contributed by atoms with Gasteiger partial charge in [-0.2, -0.15) is 0 Å². The van der Waals surface area contributed by atoms with Crippen molar-refractivity contribution in [3.05, 3.63) is 81.0 Å². The van der Waals surface area contributed by atoms with Gasteiger partial charge in [-0.1, -0.05) is 30.5 Å². The molecule has 1 aromatic rings. The van der Waals surface area contributed by atoms with Crippen LogP contribution in [0.5, 0.6) is 0 Å². The van der Waals surface area contributed by atoms with Gasteiger partial charge in [0.2, 0.25) is 0 Å². The van der Waals surface area contributed by atoms with Crippen LogP contribution in [0, 0.1) is 0 Å². The van der Waals surface area contributed by atoms with Gasteiger partial charge >= 0.3 is 0 Å². The maximum absolute atomic E-state index is 4.65. The fraction of sp³-hybridized carbons (Fsp3) is 0.0625. The van der Waals surface area contributed by atoms with E-state index in [1.165, 1.54) is 5.57 Å². The van der Waals surface area contributed by atoms with Gasteiger partial charge in [0.1, 0.15) is 0 Å². The summed E-state index contributed by atoms with van der Waals surface area (Å²) in [6.45, 7) is 4.73. The number of fused-ring (bicyclic) bond motifs is 1. The van der Waals surface area contributed by atoms with Crippen LogP contribution in [0.1, 0.15) is 0 Å². The van der Waals surface area contributed by atoms with E-state index < -0.39 is 0 Å². The molecular formula is C16H12N2S. The van der Waals surface area contributed by atoms with Crippen LogP contribution in [0.2, 0.25) is 0 Å². The Bertz CT molecular complexity index is 775. The summed E-state index contributed by atoms with van der Waals surface area (Å²) in [6.07, 6.45) is 11.7. The average molecular weight is 264 g/mol. The minimum absolute atomic E-state index is 0.644. The van der Waals surface area contributed by atoms with Gasteiger partial charge < -0.3 is 0 Å². The highest BCUT2D eigenvalue weighted by atomic mass is 32.2. The van der Waals surface area contributed by atoms with E-state index in [4.69, 9.17) is 0 Å². The van der Waals surface area contributed by atoms with E-state index in [1.807, 2.05) is 36.4 Å². The topological polar surface area (TPSA) is 25.2 Å². The third-order valence-corrected chi connectivity index (χ3v) is 3.78. The summed E-state index contributed by atoms with van der Waals surface area (Å²) in [5.74, 6) is 0. The Morgan fingerprint density at radius 2 is 2.32 bits per heavy atom. The first-order valence-corrected chi connectivity index (χ1v) is 6.81. The Morgan fingerprint density at radius 1 is 1.37 bits per heavy atom. The second kappa shape index (κ2) is 5.27. The molecule has 2 nitrogen and oxygen atoms in total. The Balaban J connectivity index is 2.18. The van der Waals surface area contributed by atoms with Crippen LogP contribution in [-0.2, 0) is 0 Å². The van der Waals surface area contributed by atoms with Gasteiger partial charge in [0.15, 0.2) is 0 Å². The van der Waals surface area contributed by atoms with Gasteiger partial charge in [-0.05, 0) is 35.9 Å². The summed E-state index contributed by atoms with van der Waals surface area (Å²) in [6, 6.07) is 3.89. The van der Waals surface area contributed by atoms with Crippen LogP contribution >= 0.6 is 11.8 Å². The van der Waals surface area contributed by atoms with Crippen molar-refractivity contribution in [3.63, 3.8) is 0 Å². The molecule has 1 aliphatic carbocycles. The van der Waals surface area contributed by atoms with Crippen molar-refractivity contribution in [3.8, 4) is 0 Å². The molecule has 1 aliphatic heterocycles. The van der Waals surface area contributed by atoms with Crippen LogP contribution in [0.4, 0.5) is 0 Å². The number of allylic oxidation sites excluding steroid dienone is 3. The third-order valence-electron chi connectivity index (χ3n) is 2.80. The Labute approximate surface area is 116 Å². The second-order valence-electron chi connectivity index (χ2n) is 4.16. The molecule has 92 valence electrons. The molecule has 2 heterocycles. The summed E-state index contributed by atoms with van der Waals surface area (Å²) < 4.78 is 0. The van der Waals surface area contributed by atoms with Crippen molar-refractivity contribution in [2.24, 2.45) is 4.99 Å². The molecule has 0 atom stereocenters. The Hall–Kier alpha value is -2.09. The van der Waals surface area contributed by atoms with Crippen LogP contribution in [0.25, 0.3) is 6.08 Å². The third kappa shape index (κ3) is 2.68. The van der Waals surface area contributed by atoms with Crippen LogP contribution in [0.3, 0.4) is 0 Å². The van der Waals surface area contributed by atoms with Crippen molar-refractivity contribution in [1.82, 2.24) is 4.98 Å². The fourth-order valence-electron chi connectivity index (χ4n) is 1.89. The van der Waals surface area contributed by atoms with Crippen LogP contribution in [-0.4, -0.2) is 11.5 Å². The molecule has 0 saturated carbocycles. The lowest BCUT2D eigenvalue weighted by atomic mass is 10.2. The zero-order valence-corrected chi connectivity index (χ0v) is 11.2. The highest BCUT2D eigenvalue weighted by Crippen LogP contribution is 2.30. The predicted octanol–water partition coefficient (Wildman–Crippen LogP) is 2.28. The van der Waals surface area contributed by atoms with E-state index in [0.717, 1.165) is 20.5 Å². The smallest absolute Gasteiger partial charge is 0.0892 e. The molecule has 0 saturated heterocycles. The summed E-state index contributed by atoms with van der Waals surface area (Å²) >= 11 is 1.64. The lowest BCUT2D eigenvalue weighted by molar-refractivity contribution is 1.06. The largest absolute Gasteiger partial charge is 0.278 e. The molecule has 0 bridgehead atoms.